The Hall–Kier alpha value is -3.29. The van der Waals surface area contributed by atoms with E-state index in [2.05, 4.69) is 15.2 Å². The molecule has 1 amide bonds. The topological polar surface area (TPSA) is 87.5 Å². The fourth-order valence-electron chi connectivity index (χ4n) is 5.53. The lowest BCUT2D eigenvalue weighted by Crippen LogP contribution is -2.45. The maximum atomic E-state index is 13.7. The van der Waals surface area contributed by atoms with Crippen LogP contribution >= 0.6 is 0 Å². The number of aromatic nitrogens is 2. The molecule has 0 aliphatic carbocycles. The van der Waals surface area contributed by atoms with Crippen molar-refractivity contribution in [3.63, 3.8) is 0 Å². The first kappa shape index (κ1) is 21.6. The van der Waals surface area contributed by atoms with Crippen LogP contribution in [0.25, 0.3) is 0 Å². The molecule has 4 heterocycles. The number of hydrogen-bond donors (Lipinski definition) is 2. The number of nitrogens with zero attached hydrogens (tertiary/aromatic N) is 3. The van der Waals surface area contributed by atoms with Crippen molar-refractivity contribution < 1.29 is 9.90 Å². The number of aliphatic hydroxyl groups is 1. The molecule has 7 heteroatoms. The number of carbonyl (C=O) groups is 1. The second-order valence-electron chi connectivity index (χ2n) is 8.96. The number of fused-ring (bicyclic) bond motifs is 4. The number of pyridine rings is 2. The first-order valence-electron chi connectivity index (χ1n) is 11.4. The minimum Gasteiger partial charge on any atom is -0.396 e. The van der Waals surface area contributed by atoms with Crippen molar-refractivity contribution in [1.29, 1.82) is 0 Å². The van der Waals surface area contributed by atoms with Crippen LogP contribution in [0, 0.1) is 11.8 Å². The highest BCUT2D eigenvalue weighted by molar-refractivity contribution is 5.81. The largest absolute Gasteiger partial charge is 0.396 e. The molecular formula is C26H28N4O3. The van der Waals surface area contributed by atoms with Crippen molar-refractivity contribution >= 4 is 5.91 Å². The van der Waals surface area contributed by atoms with Gasteiger partial charge in [0.25, 0.3) is 5.56 Å². The predicted octanol–water partition coefficient (Wildman–Crippen LogP) is 2.28. The standard InChI is InChI=1S/C26H28N4O3/c1-17(19-8-3-2-4-9-19)28-26(33)24-20(16-31)22-15-29-21(10-5-11-23(29)32)25(24)30(22)14-18-7-6-12-27-13-18/h2-13,17,20,22,24-25,31H,14-16H2,1H3,(H,28,33)/t17-,20-,22-,24+,25+/m0/s1. The van der Waals surface area contributed by atoms with Gasteiger partial charge in [-0.15, -0.1) is 0 Å². The first-order valence-corrected chi connectivity index (χ1v) is 11.4. The highest BCUT2D eigenvalue weighted by atomic mass is 16.3. The second-order valence-corrected chi connectivity index (χ2v) is 8.96. The van der Waals surface area contributed by atoms with Gasteiger partial charge in [-0.05, 0) is 30.2 Å². The Morgan fingerprint density at radius 2 is 1.97 bits per heavy atom. The van der Waals surface area contributed by atoms with Crippen molar-refractivity contribution in [3.8, 4) is 0 Å². The van der Waals surface area contributed by atoms with Crippen LogP contribution in [0.5, 0.6) is 0 Å². The van der Waals surface area contributed by atoms with E-state index < -0.39 is 5.92 Å². The molecule has 5 atom stereocenters. The first-order chi connectivity index (χ1) is 16.1. The van der Waals surface area contributed by atoms with Crippen molar-refractivity contribution in [3.05, 3.63) is 100 Å². The number of aliphatic hydroxyl groups excluding tert-OH is 1. The van der Waals surface area contributed by atoms with Gasteiger partial charge in [-0.3, -0.25) is 19.5 Å². The van der Waals surface area contributed by atoms with E-state index in [4.69, 9.17) is 0 Å². The Morgan fingerprint density at radius 1 is 1.15 bits per heavy atom. The third-order valence-electron chi connectivity index (χ3n) is 7.09. The van der Waals surface area contributed by atoms with E-state index in [1.807, 2.05) is 61.7 Å². The van der Waals surface area contributed by atoms with Crippen LogP contribution in [0.15, 0.2) is 77.9 Å². The minimum absolute atomic E-state index is 0.0704. The van der Waals surface area contributed by atoms with Crippen molar-refractivity contribution in [2.75, 3.05) is 6.61 Å². The summed E-state index contributed by atoms with van der Waals surface area (Å²) >= 11 is 0. The van der Waals surface area contributed by atoms with Crippen molar-refractivity contribution in [1.82, 2.24) is 19.8 Å². The number of benzene rings is 1. The highest BCUT2D eigenvalue weighted by Gasteiger charge is 2.55. The van der Waals surface area contributed by atoms with Crippen LogP contribution in [0.1, 0.15) is 35.8 Å². The molecule has 170 valence electrons. The van der Waals surface area contributed by atoms with Crippen LogP contribution in [-0.2, 0) is 17.9 Å². The molecule has 0 unspecified atom stereocenters. The molecule has 0 saturated carbocycles. The normalized spacial score (nSPS) is 24.8. The number of hydrogen-bond acceptors (Lipinski definition) is 5. The monoisotopic (exact) mass is 444 g/mol. The highest BCUT2D eigenvalue weighted by Crippen LogP contribution is 2.49. The van der Waals surface area contributed by atoms with E-state index in [1.165, 1.54) is 0 Å². The fraction of sp³-hybridized carbons (Fsp3) is 0.346. The van der Waals surface area contributed by atoms with Gasteiger partial charge < -0.3 is 15.0 Å². The Labute approximate surface area is 192 Å². The van der Waals surface area contributed by atoms with Gasteiger partial charge >= 0.3 is 0 Å². The molecular weight excluding hydrogens is 416 g/mol. The SMILES string of the molecule is C[C@H](NC(=O)[C@@H]1[C@@H](CO)[C@@H]2Cn3c(cccc3=O)[C@H]1N2Cc1cccnc1)c1ccccc1. The maximum absolute atomic E-state index is 13.7. The maximum Gasteiger partial charge on any atom is 0.250 e. The molecule has 33 heavy (non-hydrogen) atoms. The fourth-order valence-corrected chi connectivity index (χ4v) is 5.53. The third-order valence-corrected chi connectivity index (χ3v) is 7.09. The molecule has 2 aliphatic rings. The minimum atomic E-state index is -0.474. The van der Waals surface area contributed by atoms with Crippen LogP contribution < -0.4 is 10.9 Å². The van der Waals surface area contributed by atoms with Crippen LogP contribution in [0.4, 0.5) is 0 Å². The summed E-state index contributed by atoms with van der Waals surface area (Å²) in [6.07, 6.45) is 3.56. The van der Waals surface area contributed by atoms with Gasteiger partial charge in [-0.25, -0.2) is 0 Å². The molecule has 3 aromatic rings. The molecule has 1 saturated heterocycles. The Bertz CT molecular complexity index is 1180. The lowest BCUT2D eigenvalue weighted by Gasteiger charge is -2.38. The Kier molecular flexibility index (Phi) is 5.83. The summed E-state index contributed by atoms with van der Waals surface area (Å²) in [5, 5.41) is 13.6. The summed E-state index contributed by atoms with van der Waals surface area (Å²) in [6, 6.07) is 18.4. The number of nitrogens with one attached hydrogen (secondary N) is 1. The molecule has 1 aromatic carbocycles. The van der Waals surface area contributed by atoms with E-state index >= 15 is 0 Å². The third kappa shape index (κ3) is 3.87. The average Bonchev–Trinajstić information content (AvgIpc) is 3.04. The predicted molar refractivity (Wildman–Crippen MR) is 124 cm³/mol. The molecule has 0 spiro atoms. The van der Waals surface area contributed by atoms with E-state index in [0.717, 1.165) is 16.8 Å². The molecule has 1 fully saturated rings. The Balaban J connectivity index is 1.52. The summed E-state index contributed by atoms with van der Waals surface area (Å²) in [4.78, 5) is 32.8. The van der Waals surface area contributed by atoms with E-state index in [-0.39, 0.29) is 42.1 Å². The summed E-state index contributed by atoms with van der Waals surface area (Å²) in [5.74, 6) is -0.855. The molecule has 2 aromatic heterocycles. The molecule has 2 aliphatic heterocycles. The Morgan fingerprint density at radius 3 is 2.70 bits per heavy atom. The molecule has 2 bridgehead atoms. The number of rotatable bonds is 6. The molecule has 7 nitrogen and oxygen atoms in total. The van der Waals surface area contributed by atoms with Crippen molar-refractivity contribution in [2.45, 2.75) is 38.1 Å². The lowest BCUT2D eigenvalue weighted by molar-refractivity contribution is -0.128. The summed E-state index contributed by atoms with van der Waals surface area (Å²) in [5.41, 5.74) is 2.82. The zero-order chi connectivity index (χ0) is 22.9. The average molecular weight is 445 g/mol. The van der Waals surface area contributed by atoms with Gasteiger partial charge in [0, 0.05) is 55.8 Å². The van der Waals surface area contributed by atoms with Crippen LogP contribution in [0.2, 0.25) is 0 Å². The van der Waals surface area contributed by atoms with Gasteiger partial charge in [0.2, 0.25) is 5.91 Å². The van der Waals surface area contributed by atoms with Gasteiger partial charge in [0.15, 0.2) is 0 Å². The quantitative estimate of drug-likeness (QED) is 0.609. The molecule has 5 rings (SSSR count). The number of amides is 1. The summed E-state index contributed by atoms with van der Waals surface area (Å²) in [7, 11) is 0. The van der Waals surface area contributed by atoms with Crippen LogP contribution in [0.3, 0.4) is 0 Å². The second kappa shape index (κ2) is 8.92. The summed E-state index contributed by atoms with van der Waals surface area (Å²) < 4.78 is 1.77. The summed E-state index contributed by atoms with van der Waals surface area (Å²) in [6.45, 7) is 2.90. The molecule has 0 radical (unpaired) electrons. The zero-order valence-corrected chi connectivity index (χ0v) is 18.5. The number of carbonyl (C=O) groups excluding carboxylic acids is 1. The van der Waals surface area contributed by atoms with Crippen LogP contribution in [-0.4, -0.2) is 38.1 Å². The van der Waals surface area contributed by atoms with Gasteiger partial charge in [-0.1, -0.05) is 42.5 Å². The smallest absolute Gasteiger partial charge is 0.250 e. The van der Waals surface area contributed by atoms with E-state index in [1.54, 1.807) is 22.9 Å². The lowest BCUT2D eigenvalue weighted by atomic mass is 9.86. The van der Waals surface area contributed by atoms with E-state index in [9.17, 15) is 14.7 Å². The van der Waals surface area contributed by atoms with Gasteiger partial charge in [0.05, 0.1) is 18.0 Å². The van der Waals surface area contributed by atoms with Gasteiger partial charge in [0.1, 0.15) is 0 Å². The molecule has 2 N–H and O–H groups in total. The van der Waals surface area contributed by atoms with Gasteiger partial charge in [-0.2, -0.15) is 0 Å². The zero-order valence-electron chi connectivity index (χ0n) is 18.5. The van der Waals surface area contributed by atoms with E-state index in [0.29, 0.717) is 13.1 Å². The van der Waals surface area contributed by atoms with Crippen molar-refractivity contribution in [2.24, 2.45) is 11.8 Å².